The number of carbonyl (C=O) groups is 1. The van der Waals surface area contributed by atoms with Crippen LogP contribution in [0.5, 0.6) is 0 Å². The second kappa shape index (κ2) is 5.73. The van der Waals surface area contributed by atoms with E-state index in [2.05, 4.69) is 4.98 Å². The zero-order valence-corrected chi connectivity index (χ0v) is 10.7. The quantitative estimate of drug-likeness (QED) is 0.798. The molecular weight excluding hydrogens is 253 g/mol. The van der Waals surface area contributed by atoms with E-state index < -0.39 is 5.97 Å². The van der Waals surface area contributed by atoms with Crippen molar-refractivity contribution in [1.29, 1.82) is 0 Å². The average molecular weight is 265 g/mol. The lowest BCUT2D eigenvalue weighted by Crippen LogP contribution is -2.05. The van der Waals surface area contributed by atoms with E-state index in [1.165, 1.54) is 23.5 Å². The summed E-state index contributed by atoms with van der Waals surface area (Å²) in [6, 6.07) is 6.35. The molecular formula is C13H12FNO2S. The van der Waals surface area contributed by atoms with Gasteiger partial charge in [-0.25, -0.2) is 14.2 Å². The van der Waals surface area contributed by atoms with Crippen molar-refractivity contribution in [1.82, 2.24) is 4.98 Å². The lowest BCUT2D eigenvalue weighted by atomic mass is 10.1. The van der Waals surface area contributed by atoms with Crippen LogP contribution in [0.3, 0.4) is 0 Å². The molecule has 0 aliphatic carbocycles. The van der Waals surface area contributed by atoms with Crippen LogP contribution in [0.15, 0.2) is 29.6 Å². The van der Waals surface area contributed by atoms with E-state index in [-0.39, 0.29) is 5.82 Å². The van der Waals surface area contributed by atoms with E-state index in [1.807, 2.05) is 6.07 Å². The van der Waals surface area contributed by atoms with Crippen molar-refractivity contribution in [2.45, 2.75) is 13.3 Å². The highest BCUT2D eigenvalue weighted by Gasteiger charge is 2.11. The molecule has 1 aromatic heterocycles. The molecule has 0 N–H and O–H groups in total. The van der Waals surface area contributed by atoms with Crippen LogP contribution in [0, 0.1) is 5.82 Å². The number of hydrogen-bond acceptors (Lipinski definition) is 4. The maximum Gasteiger partial charge on any atom is 0.357 e. The molecule has 3 nitrogen and oxygen atoms in total. The predicted octanol–water partition coefficient (Wildman–Crippen LogP) is 3.05. The minimum absolute atomic E-state index is 0.269. The molecule has 0 spiro atoms. The number of benzene rings is 1. The van der Waals surface area contributed by atoms with Gasteiger partial charge in [0.1, 0.15) is 5.82 Å². The molecule has 94 valence electrons. The van der Waals surface area contributed by atoms with Gasteiger partial charge in [-0.2, -0.15) is 0 Å². The molecule has 18 heavy (non-hydrogen) atoms. The number of aromatic nitrogens is 1. The predicted molar refractivity (Wildman–Crippen MR) is 67.3 cm³/mol. The van der Waals surface area contributed by atoms with Gasteiger partial charge in [0.2, 0.25) is 0 Å². The van der Waals surface area contributed by atoms with Crippen LogP contribution in [-0.4, -0.2) is 17.6 Å². The van der Waals surface area contributed by atoms with Gasteiger partial charge in [0.05, 0.1) is 11.6 Å². The molecule has 0 radical (unpaired) electrons. The standard InChI is InChI=1S/C13H12FNO2S/c1-2-17-13(16)11-8-18-12(15-11)7-9-4-3-5-10(14)6-9/h3-6,8H,2,7H2,1H3. The Kier molecular flexibility index (Phi) is 4.04. The monoisotopic (exact) mass is 265 g/mol. The maximum absolute atomic E-state index is 13.0. The van der Waals surface area contributed by atoms with E-state index in [1.54, 1.807) is 18.4 Å². The summed E-state index contributed by atoms with van der Waals surface area (Å²) in [5.41, 5.74) is 1.15. The largest absolute Gasteiger partial charge is 0.461 e. The Morgan fingerprint density at radius 1 is 1.50 bits per heavy atom. The number of halogens is 1. The van der Waals surface area contributed by atoms with Crippen LogP contribution in [0.2, 0.25) is 0 Å². The van der Waals surface area contributed by atoms with E-state index in [4.69, 9.17) is 4.74 Å². The summed E-state index contributed by atoms with van der Waals surface area (Å²) in [4.78, 5) is 15.6. The van der Waals surface area contributed by atoms with Gasteiger partial charge >= 0.3 is 5.97 Å². The molecule has 0 unspecified atom stereocenters. The van der Waals surface area contributed by atoms with Crippen LogP contribution >= 0.6 is 11.3 Å². The molecule has 0 saturated heterocycles. The van der Waals surface area contributed by atoms with Crippen molar-refractivity contribution in [2.24, 2.45) is 0 Å². The van der Waals surface area contributed by atoms with Gasteiger partial charge in [-0.05, 0) is 24.6 Å². The maximum atomic E-state index is 13.0. The molecule has 0 aliphatic heterocycles. The minimum atomic E-state index is -0.417. The van der Waals surface area contributed by atoms with Crippen molar-refractivity contribution in [3.05, 3.63) is 51.7 Å². The summed E-state index contributed by atoms with van der Waals surface area (Å²) in [6.07, 6.45) is 0.516. The van der Waals surface area contributed by atoms with Crippen LogP contribution < -0.4 is 0 Å². The number of esters is 1. The highest BCUT2D eigenvalue weighted by atomic mass is 32.1. The van der Waals surface area contributed by atoms with E-state index in [9.17, 15) is 9.18 Å². The van der Waals surface area contributed by atoms with Gasteiger partial charge < -0.3 is 4.74 Å². The first-order valence-electron chi connectivity index (χ1n) is 5.55. The summed E-state index contributed by atoms with van der Waals surface area (Å²) in [7, 11) is 0. The Hall–Kier alpha value is -1.75. The third-order valence-electron chi connectivity index (χ3n) is 2.28. The smallest absolute Gasteiger partial charge is 0.357 e. The summed E-state index contributed by atoms with van der Waals surface area (Å²) in [6.45, 7) is 2.08. The SMILES string of the molecule is CCOC(=O)c1csc(Cc2cccc(F)c2)n1. The summed E-state index contributed by atoms with van der Waals surface area (Å²) in [5.74, 6) is -0.686. The Balaban J connectivity index is 2.09. The first-order valence-corrected chi connectivity index (χ1v) is 6.43. The van der Waals surface area contributed by atoms with Gasteiger partial charge in [-0.15, -0.1) is 11.3 Å². The van der Waals surface area contributed by atoms with Crippen LogP contribution in [-0.2, 0) is 11.2 Å². The van der Waals surface area contributed by atoms with Gasteiger partial charge in [0.25, 0.3) is 0 Å². The first-order chi connectivity index (χ1) is 8.69. The summed E-state index contributed by atoms with van der Waals surface area (Å²) in [5, 5.41) is 2.43. The minimum Gasteiger partial charge on any atom is -0.461 e. The van der Waals surface area contributed by atoms with Gasteiger partial charge in [0.15, 0.2) is 5.69 Å². The normalized spacial score (nSPS) is 10.3. The lowest BCUT2D eigenvalue weighted by Gasteiger charge is -1.98. The number of thiazole rings is 1. The first kappa shape index (κ1) is 12.7. The molecule has 5 heteroatoms. The fourth-order valence-corrected chi connectivity index (χ4v) is 2.31. The number of carbonyl (C=O) groups excluding carboxylic acids is 1. The van der Waals surface area contributed by atoms with Crippen molar-refractivity contribution in [3.8, 4) is 0 Å². The second-order valence-electron chi connectivity index (χ2n) is 3.65. The topological polar surface area (TPSA) is 39.2 Å². The van der Waals surface area contributed by atoms with Crippen LogP contribution in [0.1, 0.15) is 28.0 Å². The van der Waals surface area contributed by atoms with Crippen LogP contribution in [0.4, 0.5) is 4.39 Å². The van der Waals surface area contributed by atoms with E-state index in [0.29, 0.717) is 18.7 Å². The van der Waals surface area contributed by atoms with Crippen molar-refractivity contribution < 1.29 is 13.9 Å². The van der Waals surface area contributed by atoms with Gasteiger partial charge in [0, 0.05) is 11.8 Å². The molecule has 0 saturated carbocycles. The molecule has 0 amide bonds. The zero-order valence-electron chi connectivity index (χ0n) is 9.85. The van der Waals surface area contributed by atoms with Crippen molar-refractivity contribution in [2.75, 3.05) is 6.61 Å². The molecule has 0 aliphatic rings. The molecule has 1 aromatic carbocycles. The third kappa shape index (κ3) is 3.13. The fourth-order valence-electron chi connectivity index (χ4n) is 1.51. The third-order valence-corrected chi connectivity index (χ3v) is 3.13. The Bertz CT molecular complexity index is 553. The average Bonchev–Trinajstić information content (AvgIpc) is 2.78. The molecule has 2 rings (SSSR count). The second-order valence-corrected chi connectivity index (χ2v) is 4.60. The van der Waals surface area contributed by atoms with Gasteiger partial charge in [-0.3, -0.25) is 0 Å². The Morgan fingerprint density at radius 2 is 2.33 bits per heavy atom. The number of nitrogens with zero attached hydrogens (tertiary/aromatic N) is 1. The molecule has 0 bridgehead atoms. The number of rotatable bonds is 4. The molecule has 0 fully saturated rings. The zero-order chi connectivity index (χ0) is 13.0. The van der Waals surface area contributed by atoms with Crippen molar-refractivity contribution >= 4 is 17.3 Å². The molecule has 2 aromatic rings. The number of hydrogen-bond donors (Lipinski definition) is 0. The lowest BCUT2D eigenvalue weighted by molar-refractivity contribution is 0.0520. The van der Waals surface area contributed by atoms with E-state index in [0.717, 1.165) is 10.6 Å². The molecule has 0 atom stereocenters. The molecule has 1 heterocycles. The Labute approximate surface area is 108 Å². The number of ether oxygens (including phenoxy) is 1. The fraction of sp³-hybridized carbons (Fsp3) is 0.231. The summed E-state index contributed by atoms with van der Waals surface area (Å²) < 4.78 is 17.9. The van der Waals surface area contributed by atoms with Gasteiger partial charge in [-0.1, -0.05) is 12.1 Å². The summed E-state index contributed by atoms with van der Waals surface area (Å²) >= 11 is 1.37. The highest BCUT2D eigenvalue weighted by Crippen LogP contribution is 2.16. The Morgan fingerprint density at radius 3 is 3.06 bits per heavy atom. The van der Waals surface area contributed by atoms with Crippen LogP contribution in [0.25, 0.3) is 0 Å². The van der Waals surface area contributed by atoms with Crippen molar-refractivity contribution in [3.63, 3.8) is 0 Å². The highest BCUT2D eigenvalue weighted by molar-refractivity contribution is 7.09. The van der Waals surface area contributed by atoms with E-state index >= 15 is 0 Å².